The standard InChI is InChI=1S/C11H13N5/c1-8-4-2-3-5-9(8)15-10-6-11(16-12)14-7-13-10/h2-7H,12H2,1H3,(H2,13,14,15,16). The molecule has 5 heteroatoms. The molecule has 16 heavy (non-hydrogen) atoms. The molecule has 2 rings (SSSR count). The van der Waals surface area contributed by atoms with Crippen LogP contribution in [0.25, 0.3) is 0 Å². The van der Waals surface area contributed by atoms with Gasteiger partial charge < -0.3 is 10.7 Å². The van der Waals surface area contributed by atoms with Gasteiger partial charge in [-0.05, 0) is 18.6 Å². The Labute approximate surface area is 93.7 Å². The summed E-state index contributed by atoms with van der Waals surface area (Å²) in [6.07, 6.45) is 1.45. The third-order valence-electron chi connectivity index (χ3n) is 2.22. The summed E-state index contributed by atoms with van der Waals surface area (Å²) in [6.45, 7) is 2.03. The van der Waals surface area contributed by atoms with Crippen molar-refractivity contribution in [2.75, 3.05) is 10.7 Å². The zero-order valence-corrected chi connectivity index (χ0v) is 8.94. The number of hydrazine groups is 1. The summed E-state index contributed by atoms with van der Waals surface area (Å²) in [5.41, 5.74) is 4.65. The quantitative estimate of drug-likeness (QED) is 0.537. The highest BCUT2D eigenvalue weighted by molar-refractivity contribution is 5.61. The summed E-state index contributed by atoms with van der Waals surface area (Å²) in [5, 5.41) is 3.20. The summed E-state index contributed by atoms with van der Waals surface area (Å²) < 4.78 is 0. The molecule has 0 atom stereocenters. The Balaban J connectivity index is 2.24. The molecule has 82 valence electrons. The lowest BCUT2D eigenvalue weighted by atomic mass is 10.2. The minimum atomic E-state index is 0.575. The van der Waals surface area contributed by atoms with Crippen molar-refractivity contribution in [2.24, 2.45) is 5.84 Å². The van der Waals surface area contributed by atoms with Crippen LogP contribution in [0.2, 0.25) is 0 Å². The molecule has 0 aliphatic carbocycles. The van der Waals surface area contributed by atoms with Crippen molar-refractivity contribution in [1.29, 1.82) is 0 Å². The molecule has 1 aromatic heterocycles. The maximum Gasteiger partial charge on any atom is 0.145 e. The van der Waals surface area contributed by atoms with Gasteiger partial charge >= 0.3 is 0 Å². The smallest absolute Gasteiger partial charge is 0.145 e. The molecule has 0 amide bonds. The van der Waals surface area contributed by atoms with Gasteiger partial charge in [0.25, 0.3) is 0 Å². The van der Waals surface area contributed by atoms with Crippen molar-refractivity contribution < 1.29 is 0 Å². The Bertz CT molecular complexity index is 483. The van der Waals surface area contributed by atoms with E-state index in [-0.39, 0.29) is 0 Å². The summed E-state index contributed by atoms with van der Waals surface area (Å²) in [7, 11) is 0. The minimum Gasteiger partial charge on any atom is -0.340 e. The summed E-state index contributed by atoms with van der Waals surface area (Å²) >= 11 is 0. The molecular weight excluding hydrogens is 202 g/mol. The molecule has 1 aromatic carbocycles. The lowest BCUT2D eigenvalue weighted by Gasteiger charge is -2.08. The van der Waals surface area contributed by atoms with Gasteiger partial charge in [0.05, 0.1) is 0 Å². The van der Waals surface area contributed by atoms with E-state index in [1.54, 1.807) is 6.07 Å². The third-order valence-corrected chi connectivity index (χ3v) is 2.22. The zero-order valence-electron chi connectivity index (χ0n) is 8.94. The Morgan fingerprint density at radius 2 is 1.88 bits per heavy atom. The van der Waals surface area contributed by atoms with Gasteiger partial charge in [-0.25, -0.2) is 15.8 Å². The molecule has 0 saturated heterocycles. The molecule has 2 aromatic rings. The predicted molar refractivity (Wildman–Crippen MR) is 64.3 cm³/mol. The second-order valence-corrected chi connectivity index (χ2v) is 3.37. The van der Waals surface area contributed by atoms with Crippen LogP contribution in [0.3, 0.4) is 0 Å². The number of nitrogen functional groups attached to an aromatic ring is 1. The van der Waals surface area contributed by atoms with Gasteiger partial charge in [-0.1, -0.05) is 18.2 Å². The Morgan fingerprint density at radius 3 is 2.62 bits per heavy atom. The van der Waals surface area contributed by atoms with E-state index in [4.69, 9.17) is 5.84 Å². The highest BCUT2D eigenvalue weighted by atomic mass is 15.3. The zero-order chi connectivity index (χ0) is 11.4. The van der Waals surface area contributed by atoms with E-state index in [9.17, 15) is 0 Å². The fourth-order valence-electron chi connectivity index (χ4n) is 1.36. The third kappa shape index (κ3) is 2.26. The van der Waals surface area contributed by atoms with E-state index >= 15 is 0 Å². The van der Waals surface area contributed by atoms with Crippen LogP contribution < -0.4 is 16.6 Å². The summed E-state index contributed by atoms with van der Waals surface area (Å²) in [5.74, 6) is 6.55. The van der Waals surface area contributed by atoms with Crippen molar-refractivity contribution in [1.82, 2.24) is 9.97 Å². The number of benzene rings is 1. The van der Waals surface area contributed by atoms with Gasteiger partial charge in [0.2, 0.25) is 0 Å². The van der Waals surface area contributed by atoms with Gasteiger partial charge in [0.15, 0.2) is 0 Å². The molecule has 0 radical (unpaired) electrons. The predicted octanol–water partition coefficient (Wildman–Crippen LogP) is 1.81. The Hall–Kier alpha value is -2.14. The number of rotatable bonds is 3. The fraction of sp³-hybridized carbons (Fsp3) is 0.0909. The fourth-order valence-corrected chi connectivity index (χ4v) is 1.36. The van der Waals surface area contributed by atoms with E-state index in [1.165, 1.54) is 6.33 Å². The van der Waals surface area contributed by atoms with E-state index < -0.39 is 0 Å². The van der Waals surface area contributed by atoms with Crippen molar-refractivity contribution in [3.8, 4) is 0 Å². The number of anilines is 3. The molecule has 0 bridgehead atoms. The van der Waals surface area contributed by atoms with E-state index in [0.717, 1.165) is 11.3 Å². The maximum atomic E-state index is 5.27. The highest BCUT2D eigenvalue weighted by Gasteiger charge is 2.00. The molecular formula is C11H13N5. The normalized spacial score (nSPS) is 9.88. The highest BCUT2D eigenvalue weighted by Crippen LogP contribution is 2.19. The first-order valence-electron chi connectivity index (χ1n) is 4.91. The molecule has 0 aliphatic heterocycles. The minimum absolute atomic E-state index is 0.575. The number of nitrogens with two attached hydrogens (primary N) is 1. The largest absolute Gasteiger partial charge is 0.340 e. The molecule has 1 heterocycles. The topological polar surface area (TPSA) is 75.9 Å². The summed E-state index contributed by atoms with van der Waals surface area (Å²) in [4.78, 5) is 8.04. The first kappa shape index (κ1) is 10.4. The molecule has 0 unspecified atom stereocenters. The van der Waals surface area contributed by atoms with Crippen LogP contribution in [0, 0.1) is 6.92 Å². The van der Waals surface area contributed by atoms with E-state index in [0.29, 0.717) is 11.6 Å². The van der Waals surface area contributed by atoms with Crippen molar-refractivity contribution in [3.63, 3.8) is 0 Å². The summed E-state index contributed by atoms with van der Waals surface area (Å²) in [6, 6.07) is 9.73. The molecule has 0 spiro atoms. The van der Waals surface area contributed by atoms with Gasteiger partial charge in [-0.15, -0.1) is 0 Å². The number of nitrogens with one attached hydrogen (secondary N) is 2. The maximum absolute atomic E-state index is 5.27. The number of nitrogens with zero attached hydrogens (tertiary/aromatic N) is 2. The molecule has 5 nitrogen and oxygen atoms in total. The monoisotopic (exact) mass is 215 g/mol. The van der Waals surface area contributed by atoms with E-state index in [2.05, 4.69) is 20.7 Å². The van der Waals surface area contributed by atoms with Crippen LogP contribution in [0.1, 0.15) is 5.56 Å². The van der Waals surface area contributed by atoms with Crippen LogP contribution in [0.5, 0.6) is 0 Å². The lowest BCUT2D eigenvalue weighted by Crippen LogP contribution is -2.09. The van der Waals surface area contributed by atoms with Gasteiger partial charge in [-0.3, -0.25) is 0 Å². The number of aryl methyl sites for hydroxylation is 1. The van der Waals surface area contributed by atoms with Gasteiger partial charge in [0.1, 0.15) is 18.0 Å². The average Bonchev–Trinajstić information content (AvgIpc) is 2.32. The van der Waals surface area contributed by atoms with Gasteiger partial charge in [0, 0.05) is 11.8 Å². The molecule has 0 saturated carbocycles. The molecule has 0 aliphatic rings. The van der Waals surface area contributed by atoms with Crippen LogP contribution in [-0.4, -0.2) is 9.97 Å². The SMILES string of the molecule is Cc1ccccc1Nc1cc(NN)ncn1. The van der Waals surface area contributed by atoms with Crippen LogP contribution >= 0.6 is 0 Å². The molecule has 4 N–H and O–H groups in total. The number of hydrogen-bond donors (Lipinski definition) is 3. The molecule has 0 fully saturated rings. The number of para-hydroxylation sites is 1. The van der Waals surface area contributed by atoms with Crippen molar-refractivity contribution in [2.45, 2.75) is 6.92 Å². The van der Waals surface area contributed by atoms with Crippen LogP contribution in [0.15, 0.2) is 36.7 Å². The number of hydrogen-bond acceptors (Lipinski definition) is 5. The second-order valence-electron chi connectivity index (χ2n) is 3.37. The van der Waals surface area contributed by atoms with E-state index in [1.807, 2.05) is 31.2 Å². The lowest BCUT2D eigenvalue weighted by molar-refractivity contribution is 1.14. The van der Waals surface area contributed by atoms with Crippen LogP contribution in [-0.2, 0) is 0 Å². The number of aromatic nitrogens is 2. The second kappa shape index (κ2) is 4.59. The first-order valence-corrected chi connectivity index (χ1v) is 4.91. The van der Waals surface area contributed by atoms with Crippen LogP contribution in [0.4, 0.5) is 17.3 Å². The van der Waals surface area contributed by atoms with Gasteiger partial charge in [-0.2, -0.15) is 0 Å². The Kier molecular flexibility index (Phi) is 2.98. The first-order chi connectivity index (χ1) is 7.79. The Morgan fingerprint density at radius 1 is 1.12 bits per heavy atom. The van der Waals surface area contributed by atoms with Crippen molar-refractivity contribution in [3.05, 3.63) is 42.2 Å². The van der Waals surface area contributed by atoms with Crippen molar-refractivity contribution >= 4 is 17.3 Å². The average molecular weight is 215 g/mol.